The minimum Gasteiger partial charge on any atom is -0.481 e. The smallest absolute Gasteiger partial charge is 0.303 e. The number of carbonyl (C=O) groups excluding carboxylic acids is 1. The quantitative estimate of drug-likeness (QED) is 0.775. The van der Waals surface area contributed by atoms with Gasteiger partial charge in [0.2, 0.25) is 5.91 Å². The van der Waals surface area contributed by atoms with Crippen LogP contribution in [0.15, 0.2) is 24.3 Å². The lowest BCUT2D eigenvalue weighted by Gasteiger charge is -2.11. The number of carboxylic acid groups (broad SMARTS) is 1. The highest BCUT2D eigenvalue weighted by molar-refractivity contribution is 6.31. The van der Waals surface area contributed by atoms with Gasteiger partial charge in [-0.3, -0.25) is 9.59 Å². The minimum absolute atomic E-state index is 0.0662. The fraction of sp³-hybridized carbons (Fsp3) is 0.467. The van der Waals surface area contributed by atoms with Gasteiger partial charge in [0.25, 0.3) is 0 Å². The zero-order valence-electron chi connectivity index (χ0n) is 11.6. The number of hydrogen-bond acceptors (Lipinski definition) is 2. The summed E-state index contributed by atoms with van der Waals surface area (Å²) in [6, 6.07) is 7.27. The highest BCUT2D eigenvalue weighted by Crippen LogP contribution is 2.15. The Hall–Kier alpha value is -1.55. The second-order valence-corrected chi connectivity index (χ2v) is 5.35. The van der Waals surface area contributed by atoms with E-state index < -0.39 is 5.97 Å². The number of nitrogens with one attached hydrogen (secondary N) is 1. The summed E-state index contributed by atoms with van der Waals surface area (Å²) in [5.41, 5.74) is 0.811. The van der Waals surface area contributed by atoms with Gasteiger partial charge >= 0.3 is 5.97 Å². The van der Waals surface area contributed by atoms with E-state index in [0.717, 1.165) is 12.0 Å². The maximum atomic E-state index is 11.7. The topological polar surface area (TPSA) is 66.4 Å². The van der Waals surface area contributed by atoms with Crippen LogP contribution in [0.4, 0.5) is 0 Å². The molecule has 2 N–H and O–H groups in total. The summed E-state index contributed by atoms with van der Waals surface area (Å²) in [6.07, 6.45) is 1.86. The van der Waals surface area contributed by atoms with E-state index >= 15 is 0 Å². The zero-order valence-corrected chi connectivity index (χ0v) is 12.3. The average Bonchev–Trinajstić information content (AvgIpc) is 2.39. The first-order valence-electron chi connectivity index (χ1n) is 6.71. The van der Waals surface area contributed by atoms with Crippen LogP contribution in [0.2, 0.25) is 5.02 Å². The van der Waals surface area contributed by atoms with E-state index in [1.165, 1.54) is 0 Å². The molecule has 5 heteroatoms. The lowest BCUT2D eigenvalue weighted by molar-refractivity contribution is -0.137. The van der Waals surface area contributed by atoms with Gasteiger partial charge in [0.05, 0.1) is 6.42 Å². The highest BCUT2D eigenvalue weighted by atomic mass is 35.5. The van der Waals surface area contributed by atoms with E-state index in [0.29, 0.717) is 18.0 Å². The van der Waals surface area contributed by atoms with Gasteiger partial charge in [0.15, 0.2) is 0 Å². The number of aliphatic carboxylic acids is 1. The molecule has 1 amide bonds. The summed E-state index contributed by atoms with van der Waals surface area (Å²) in [5, 5.41) is 12.0. The molecule has 1 unspecified atom stereocenters. The number of hydrogen-bond donors (Lipinski definition) is 2. The number of rotatable bonds is 8. The SMILES string of the molecule is CC(CCNC(=O)Cc1ccccc1Cl)CCC(=O)O. The molecule has 0 spiro atoms. The molecule has 0 heterocycles. The molecule has 0 radical (unpaired) electrons. The van der Waals surface area contributed by atoms with Crippen LogP contribution in [0, 0.1) is 5.92 Å². The molecule has 0 saturated heterocycles. The van der Waals surface area contributed by atoms with E-state index in [4.69, 9.17) is 16.7 Å². The second kappa shape index (κ2) is 8.59. The van der Waals surface area contributed by atoms with Crippen LogP contribution < -0.4 is 5.32 Å². The summed E-state index contributed by atoms with van der Waals surface area (Å²) in [5.74, 6) is -0.560. The number of benzene rings is 1. The lowest BCUT2D eigenvalue weighted by atomic mass is 10.0. The number of carbonyl (C=O) groups is 2. The molecular formula is C15H20ClNO3. The predicted molar refractivity (Wildman–Crippen MR) is 78.8 cm³/mol. The number of carboxylic acids is 1. The van der Waals surface area contributed by atoms with Gasteiger partial charge in [0, 0.05) is 18.0 Å². The van der Waals surface area contributed by atoms with E-state index in [9.17, 15) is 9.59 Å². The van der Waals surface area contributed by atoms with Crippen molar-refractivity contribution in [2.24, 2.45) is 5.92 Å². The second-order valence-electron chi connectivity index (χ2n) is 4.94. The molecule has 20 heavy (non-hydrogen) atoms. The summed E-state index contributed by atoms with van der Waals surface area (Å²) in [7, 11) is 0. The number of amides is 1. The van der Waals surface area contributed by atoms with Crippen LogP contribution in [-0.2, 0) is 16.0 Å². The Bertz CT molecular complexity index is 462. The van der Waals surface area contributed by atoms with Crippen molar-refractivity contribution in [1.29, 1.82) is 0 Å². The van der Waals surface area contributed by atoms with E-state index in [1.54, 1.807) is 6.07 Å². The third-order valence-corrected chi connectivity index (χ3v) is 3.49. The molecule has 4 nitrogen and oxygen atoms in total. The normalized spacial score (nSPS) is 11.9. The Morgan fingerprint density at radius 2 is 2.00 bits per heavy atom. The van der Waals surface area contributed by atoms with Crippen molar-refractivity contribution in [2.75, 3.05) is 6.54 Å². The third kappa shape index (κ3) is 6.57. The van der Waals surface area contributed by atoms with Crippen LogP contribution in [0.5, 0.6) is 0 Å². The zero-order chi connectivity index (χ0) is 15.0. The molecular weight excluding hydrogens is 278 g/mol. The predicted octanol–water partition coefficient (Wildman–Crippen LogP) is 2.89. The fourth-order valence-corrected chi connectivity index (χ4v) is 2.05. The van der Waals surface area contributed by atoms with E-state index in [-0.39, 0.29) is 24.7 Å². The van der Waals surface area contributed by atoms with Crippen molar-refractivity contribution in [1.82, 2.24) is 5.32 Å². The molecule has 0 fully saturated rings. The van der Waals surface area contributed by atoms with Crippen LogP contribution in [0.1, 0.15) is 31.7 Å². The van der Waals surface area contributed by atoms with E-state index in [1.807, 2.05) is 25.1 Å². The number of halogens is 1. The Kier molecular flexibility index (Phi) is 7.09. The maximum Gasteiger partial charge on any atom is 0.303 e. The molecule has 0 bridgehead atoms. The van der Waals surface area contributed by atoms with Gasteiger partial charge in [-0.25, -0.2) is 0 Å². The molecule has 0 saturated carbocycles. The standard InChI is InChI=1S/C15H20ClNO3/c1-11(6-7-15(19)20)8-9-17-14(18)10-12-4-2-3-5-13(12)16/h2-5,11H,6-10H2,1H3,(H,17,18)(H,19,20). The fourth-order valence-electron chi connectivity index (χ4n) is 1.85. The van der Waals surface area contributed by atoms with Gasteiger partial charge in [-0.1, -0.05) is 36.7 Å². The highest BCUT2D eigenvalue weighted by Gasteiger charge is 2.08. The van der Waals surface area contributed by atoms with Crippen molar-refractivity contribution in [2.45, 2.75) is 32.6 Å². The molecule has 1 aromatic rings. The molecule has 0 aromatic heterocycles. The lowest BCUT2D eigenvalue weighted by Crippen LogP contribution is -2.27. The molecule has 1 aromatic carbocycles. The molecule has 1 rings (SSSR count). The monoisotopic (exact) mass is 297 g/mol. The van der Waals surface area contributed by atoms with Gasteiger partial charge in [-0.05, 0) is 30.4 Å². The minimum atomic E-state index is -0.778. The van der Waals surface area contributed by atoms with Crippen LogP contribution >= 0.6 is 11.6 Å². The van der Waals surface area contributed by atoms with Crippen LogP contribution in [0.25, 0.3) is 0 Å². The summed E-state index contributed by atoms with van der Waals surface area (Å²) >= 11 is 5.99. The van der Waals surface area contributed by atoms with E-state index in [2.05, 4.69) is 5.32 Å². The third-order valence-electron chi connectivity index (χ3n) is 3.12. The first-order chi connectivity index (χ1) is 9.49. The van der Waals surface area contributed by atoms with Gasteiger partial charge in [-0.2, -0.15) is 0 Å². The van der Waals surface area contributed by atoms with Gasteiger partial charge in [-0.15, -0.1) is 0 Å². The Balaban J connectivity index is 2.24. The van der Waals surface area contributed by atoms with Gasteiger partial charge < -0.3 is 10.4 Å². The van der Waals surface area contributed by atoms with Crippen molar-refractivity contribution < 1.29 is 14.7 Å². The Morgan fingerprint density at radius 3 is 2.65 bits per heavy atom. The molecule has 1 atom stereocenters. The van der Waals surface area contributed by atoms with Crippen molar-refractivity contribution in [3.05, 3.63) is 34.9 Å². The van der Waals surface area contributed by atoms with Crippen molar-refractivity contribution >= 4 is 23.5 Å². The Labute approximate surface area is 124 Å². The van der Waals surface area contributed by atoms with Crippen molar-refractivity contribution in [3.63, 3.8) is 0 Å². The van der Waals surface area contributed by atoms with Crippen LogP contribution in [0.3, 0.4) is 0 Å². The first kappa shape index (κ1) is 16.5. The molecule has 110 valence electrons. The van der Waals surface area contributed by atoms with Gasteiger partial charge in [0.1, 0.15) is 0 Å². The average molecular weight is 298 g/mol. The first-order valence-corrected chi connectivity index (χ1v) is 7.08. The largest absolute Gasteiger partial charge is 0.481 e. The van der Waals surface area contributed by atoms with Crippen LogP contribution in [-0.4, -0.2) is 23.5 Å². The molecule has 0 aliphatic heterocycles. The molecule has 0 aliphatic carbocycles. The summed E-state index contributed by atoms with van der Waals surface area (Å²) in [6.45, 7) is 2.55. The summed E-state index contributed by atoms with van der Waals surface area (Å²) in [4.78, 5) is 22.2. The van der Waals surface area contributed by atoms with Crippen molar-refractivity contribution in [3.8, 4) is 0 Å². The molecule has 0 aliphatic rings. The maximum absolute atomic E-state index is 11.7. The summed E-state index contributed by atoms with van der Waals surface area (Å²) < 4.78 is 0. The Morgan fingerprint density at radius 1 is 1.30 bits per heavy atom.